The van der Waals surface area contributed by atoms with Crippen LogP contribution in [0.15, 0.2) is 48.5 Å². The van der Waals surface area contributed by atoms with Gasteiger partial charge in [-0.3, -0.25) is 4.79 Å². The number of anilines is 1. The first kappa shape index (κ1) is 16.3. The van der Waals surface area contributed by atoms with E-state index in [0.29, 0.717) is 16.5 Å². The number of aromatic nitrogens is 1. The summed E-state index contributed by atoms with van der Waals surface area (Å²) in [5, 5.41) is 4.23. The number of aryl methyl sites for hydroxylation is 2. The number of para-hydroxylation sites is 1. The Kier molecular flexibility index (Phi) is 4.67. The minimum Gasteiger partial charge on any atom is -0.481 e. The summed E-state index contributed by atoms with van der Waals surface area (Å²) in [6.07, 6.45) is 0. The Bertz CT molecular complexity index is 909. The molecule has 0 fully saturated rings. The lowest BCUT2D eigenvalue weighted by atomic mass is 10.2. The highest BCUT2D eigenvalue weighted by molar-refractivity contribution is 6.33. The summed E-state index contributed by atoms with van der Waals surface area (Å²) < 4.78 is 5.65. The predicted octanol–water partition coefficient (Wildman–Crippen LogP) is 4.52. The van der Waals surface area contributed by atoms with E-state index in [2.05, 4.69) is 10.3 Å². The lowest BCUT2D eigenvalue weighted by Crippen LogP contribution is -2.20. The molecular formula is C19H17ClN2O2. The van der Waals surface area contributed by atoms with Gasteiger partial charge < -0.3 is 10.1 Å². The predicted molar refractivity (Wildman–Crippen MR) is 96.8 cm³/mol. The number of nitrogens with zero attached hydrogens (tertiary/aromatic N) is 1. The third-order valence-corrected chi connectivity index (χ3v) is 3.89. The molecular weight excluding hydrogens is 324 g/mol. The summed E-state index contributed by atoms with van der Waals surface area (Å²) in [6.45, 7) is 3.75. The van der Waals surface area contributed by atoms with Crippen molar-refractivity contribution in [3.05, 3.63) is 64.8 Å². The van der Waals surface area contributed by atoms with Crippen molar-refractivity contribution in [1.82, 2.24) is 4.98 Å². The quantitative estimate of drug-likeness (QED) is 0.759. The van der Waals surface area contributed by atoms with Gasteiger partial charge in [-0.15, -0.1) is 0 Å². The molecule has 0 aliphatic rings. The van der Waals surface area contributed by atoms with Crippen molar-refractivity contribution in [2.45, 2.75) is 13.8 Å². The molecule has 24 heavy (non-hydrogen) atoms. The molecule has 1 aromatic heterocycles. The summed E-state index contributed by atoms with van der Waals surface area (Å²) >= 11 is 6.12. The van der Waals surface area contributed by atoms with Crippen molar-refractivity contribution in [3.63, 3.8) is 0 Å². The van der Waals surface area contributed by atoms with E-state index < -0.39 is 0 Å². The van der Waals surface area contributed by atoms with Crippen molar-refractivity contribution in [1.29, 1.82) is 0 Å². The highest BCUT2D eigenvalue weighted by atomic mass is 35.5. The van der Waals surface area contributed by atoms with E-state index in [1.165, 1.54) is 0 Å². The molecule has 122 valence electrons. The fourth-order valence-corrected chi connectivity index (χ4v) is 2.67. The number of ether oxygens (including phenoxy) is 1. The fraction of sp³-hybridized carbons (Fsp3) is 0.158. The third kappa shape index (κ3) is 3.66. The van der Waals surface area contributed by atoms with E-state index in [1.807, 2.05) is 44.2 Å². The molecule has 0 atom stereocenters. The maximum atomic E-state index is 12.1. The molecule has 0 spiro atoms. The van der Waals surface area contributed by atoms with Crippen LogP contribution in [0.1, 0.15) is 11.3 Å². The van der Waals surface area contributed by atoms with Crippen molar-refractivity contribution in [2.24, 2.45) is 0 Å². The molecule has 1 N–H and O–H groups in total. The van der Waals surface area contributed by atoms with Crippen molar-refractivity contribution < 1.29 is 9.53 Å². The van der Waals surface area contributed by atoms with Gasteiger partial charge in [0.1, 0.15) is 11.3 Å². The number of amides is 1. The van der Waals surface area contributed by atoms with Crippen LogP contribution >= 0.6 is 11.6 Å². The summed E-state index contributed by atoms with van der Waals surface area (Å²) in [7, 11) is 0. The lowest BCUT2D eigenvalue weighted by Gasteiger charge is -2.11. The van der Waals surface area contributed by atoms with E-state index in [-0.39, 0.29) is 12.5 Å². The summed E-state index contributed by atoms with van der Waals surface area (Å²) in [5.41, 5.74) is 3.25. The second kappa shape index (κ2) is 6.89. The number of carbonyl (C=O) groups is 1. The molecule has 2 aromatic carbocycles. The van der Waals surface area contributed by atoms with Gasteiger partial charge in [-0.2, -0.15) is 0 Å². The Hall–Kier alpha value is -2.59. The molecule has 1 amide bonds. The number of rotatable bonds is 4. The maximum Gasteiger partial charge on any atom is 0.262 e. The van der Waals surface area contributed by atoms with E-state index in [0.717, 1.165) is 22.2 Å². The Morgan fingerprint density at radius 2 is 2.00 bits per heavy atom. The van der Waals surface area contributed by atoms with E-state index >= 15 is 0 Å². The summed E-state index contributed by atoms with van der Waals surface area (Å²) in [4.78, 5) is 16.6. The second-order valence-corrected chi connectivity index (χ2v) is 6.01. The van der Waals surface area contributed by atoms with E-state index in [1.54, 1.807) is 18.2 Å². The van der Waals surface area contributed by atoms with Gasteiger partial charge in [0, 0.05) is 11.1 Å². The molecule has 4 nitrogen and oxygen atoms in total. The molecule has 0 saturated heterocycles. The minimum absolute atomic E-state index is 0.112. The largest absolute Gasteiger partial charge is 0.481 e. The first-order valence-corrected chi connectivity index (χ1v) is 7.96. The number of pyridine rings is 1. The number of halogens is 1. The monoisotopic (exact) mass is 340 g/mol. The molecule has 0 aliphatic carbocycles. The third-order valence-electron chi connectivity index (χ3n) is 3.58. The van der Waals surface area contributed by atoms with Gasteiger partial charge in [0.05, 0.1) is 10.7 Å². The van der Waals surface area contributed by atoms with Gasteiger partial charge >= 0.3 is 0 Å². The van der Waals surface area contributed by atoms with Gasteiger partial charge in [0.2, 0.25) is 0 Å². The topological polar surface area (TPSA) is 51.2 Å². The molecule has 5 heteroatoms. The van der Waals surface area contributed by atoms with Crippen LogP contribution in [-0.2, 0) is 4.79 Å². The van der Waals surface area contributed by atoms with Crippen LogP contribution in [0.3, 0.4) is 0 Å². The lowest BCUT2D eigenvalue weighted by molar-refractivity contribution is -0.118. The number of carbonyl (C=O) groups excluding carboxylic acids is 1. The highest BCUT2D eigenvalue weighted by Gasteiger charge is 2.09. The molecule has 0 unspecified atom stereocenters. The number of hydrogen-bond acceptors (Lipinski definition) is 3. The molecule has 0 bridgehead atoms. The Labute approximate surface area is 145 Å². The zero-order chi connectivity index (χ0) is 17.1. The SMILES string of the molecule is Cc1ccc(NC(=O)COc2cccc3ccc(C)nc23)c(Cl)c1. The molecule has 0 saturated carbocycles. The average molecular weight is 341 g/mol. The van der Waals surface area contributed by atoms with Crippen LogP contribution in [0.5, 0.6) is 5.75 Å². The van der Waals surface area contributed by atoms with Crippen molar-refractivity contribution in [3.8, 4) is 5.75 Å². The van der Waals surface area contributed by atoms with Gasteiger partial charge in [-0.05, 0) is 43.7 Å². The van der Waals surface area contributed by atoms with Crippen LogP contribution < -0.4 is 10.1 Å². The number of fused-ring (bicyclic) bond motifs is 1. The Morgan fingerprint density at radius 3 is 2.79 bits per heavy atom. The smallest absolute Gasteiger partial charge is 0.262 e. The van der Waals surface area contributed by atoms with Gasteiger partial charge in [-0.25, -0.2) is 4.98 Å². The molecule has 0 radical (unpaired) electrons. The summed E-state index contributed by atoms with van der Waals surface area (Å²) in [6, 6.07) is 15.0. The van der Waals surface area contributed by atoms with Crippen LogP contribution in [0.25, 0.3) is 10.9 Å². The van der Waals surface area contributed by atoms with Crippen molar-refractivity contribution in [2.75, 3.05) is 11.9 Å². The second-order valence-electron chi connectivity index (χ2n) is 5.60. The maximum absolute atomic E-state index is 12.1. The van der Waals surface area contributed by atoms with Crippen LogP contribution in [-0.4, -0.2) is 17.5 Å². The van der Waals surface area contributed by atoms with E-state index in [4.69, 9.17) is 16.3 Å². The van der Waals surface area contributed by atoms with Gasteiger partial charge in [-0.1, -0.05) is 35.9 Å². The number of nitrogens with one attached hydrogen (secondary N) is 1. The average Bonchev–Trinajstić information content (AvgIpc) is 2.55. The standard InChI is InChI=1S/C19H17ClN2O2/c1-12-6-9-16(15(20)10-12)22-18(23)11-24-17-5-3-4-14-8-7-13(2)21-19(14)17/h3-10H,11H2,1-2H3,(H,22,23). The normalized spacial score (nSPS) is 10.6. The van der Waals surface area contributed by atoms with Crippen LogP contribution in [0, 0.1) is 13.8 Å². The van der Waals surface area contributed by atoms with Crippen LogP contribution in [0.4, 0.5) is 5.69 Å². The Morgan fingerprint density at radius 1 is 1.17 bits per heavy atom. The number of benzene rings is 2. The zero-order valence-electron chi connectivity index (χ0n) is 13.5. The summed E-state index contributed by atoms with van der Waals surface area (Å²) in [5.74, 6) is 0.312. The van der Waals surface area contributed by atoms with Gasteiger partial charge in [0.25, 0.3) is 5.91 Å². The fourth-order valence-electron chi connectivity index (χ4n) is 2.39. The van der Waals surface area contributed by atoms with E-state index in [9.17, 15) is 4.79 Å². The minimum atomic E-state index is -0.273. The molecule has 1 heterocycles. The molecule has 0 aliphatic heterocycles. The first-order chi connectivity index (χ1) is 11.5. The van der Waals surface area contributed by atoms with Crippen molar-refractivity contribution >= 4 is 34.1 Å². The highest BCUT2D eigenvalue weighted by Crippen LogP contribution is 2.25. The van der Waals surface area contributed by atoms with Crippen LogP contribution in [0.2, 0.25) is 5.02 Å². The zero-order valence-corrected chi connectivity index (χ0v) is 14.2. The van der Waals surface area contributed by atoms with Gasteiger partial charge in [0.15, 0.2) is 6.61 Å². The Balaban J connectivity index is 1.71. The molecule has 3 rings (SSSR count). The molecule has 3 aromatic rings. The first-order valence-electron chi connectivity index (χ1n) is 7.58. The number of hydrogen-bond donors (Lipinski definition) is 1.